The molecule has 0 saturated heterocycles. The molecule has 0 fully saturated rings. The second-order valence-electron chi connectivity index (χ2n) is 10.6. The number of hydrogen-bond donors (Lipinski definition) is 0. The highest BCUT2D eigenvalue weighted by Crippen LogP contribution is 2.45. The molecule has 1 heterocycles. The maximum Gasteiger partial charge on any atom is 0.112 e. The monoisotopic (exact) mass is 557 g/mol. The number of para-hydroxylation sites is 4. The van der Waals surface area contributed by atoms with E-state index in [4.69, 9.17) is 4.99 Å². The van der Waals surface area contributed by atoms with Crippen molar-refractivity contribution in [2.45, 2.75) is 6.42 Å². The molecule has 5 nitrogen and oxygen atoms in total. The van der Waals surface area contributed by atoms with Crippen molar-refractivity contribution in [3.8, 4) is 11.1 Å². The van der Waals surface area contributed by atoms with Crippen molar-refractivity contribution in [3.63, 3.8) is 0 Å². The van der Waals surface area contributed by atoms with E-state index in [0.717, 1.165) is 57.3 Å². The van der Waals surface area contributed by atoms with Gasteiger partial charge in [0.15, 0.2) is 0 Å². The van der Waals surface area contributed by atoms with Crippen LogP contribution in [0, 0.1) is 0 Å². The molecule has 0 N–H and O–H groups in total. The first kappa shape index (κ1) is 26.4. The molecule has 0 bridgehead atoms. The summed E-state index contributed by atoms with van der Waals surface area (Å²) in [6.45, 7) is 8.86. The van der Waals surface area contributed by atoms with Gasteiger partial charge in [0.2, 0.25) is 0 Å². The zero-order chi connectivity index (χ0) is 29.2. The van der Waals surface area contributed by atoms with Crippen molar-refractivity contribution in [2.24, 2.45) is 15.0 Å². The Morgan fingerprint density at radius 1 is 0.628 bits per heavy atom. The number of allylic oxidation sites excluding steroid dienone is 1. The quantitative estimate of drug-likeness (QED) is 0.196. The van der Waals surface area contributed by atoms with Crippen LogP contribution in [0.4, 0.5) is 22.7 Å². The normalized spacial score (nSPS) is 15.8. The lowest BCUT2D eigenvalue weighted by molar-refractivity contribution is 0.808. The summed E-state index contributed by atoms with van der Waals surface area (Å²) in [5, 5.41) is 0. The molecule has 0 aromatic heterocycles. The molecule has 5 aromatic rings. The molecule has 0 spiro atoms. The number of nitrogens with zero attached hydrogens (tertiary/aromatic N) is 5. The molecule has 1 aliphatic carbocycles. The molecule has 5 heteroatoms. The Kier molecular flexibility index (Phi) is 6.97. The zero-order valence-electron chi connectivity index (χ0n) is 23.9. The van der Waals surface area contributed by atoms with Crippen LogP contribution in [-0.4, -0.2) is 32.5 Å². The third-order valence-electron chi connectivity index (χ3n) is 8.20. The Morgan fingerprint density at radius 2 is 1.23 bits per heavy atom. The molecule has 0 atom stereocenters. The van der Waals surface area contributed by atoms with Gasteiger partial charge < -0.3 is 9.80 Å². The van der Waals surface area contributed by atoms with Crippen molar-refractivity contribution in [1.82, 2.24) is 0 Å². The van der Waals surface area contributed by atoms with Crippen molar-refractivity contribution >= 4 is 47.6 Å². The number of benzene rings is 5. The highest BCUT2D eigenvalue weighted by atomic mass is 15.4. The Labute approximate surface area is 252 Å². The van der Waals surface area contributed by atoms with Crippen molar-refractivity contribution in [2.75, 3.05) is 23.1 Å². The first-order valence-electron chi connectivity index (χ1n) is 14.4. The predicted molar refractivity (Wildman–Crippen MR) is 181 cm³/mol. The summed E-state index contributed by atoms with van der Waals surface area (Å²) < 4.78 is 0. The van der Waals surface area contributed by atoms with Crippen molar-refractivity contribution < 1.29 is 0 Å². The van der Waals surface area contributed by atoms with Crippen LogP contribution in [0.1, 0.15) is 16.7 Å². The summed E-state index contributed by atoms with van der Waals surface area (Å²) in [7, 11) is 0. The van der Waals surface area contributed by atoms with Gasteiger partial charge in [0.25, 0.3) is 0 Å². The second kappa shape index (κ2) is 11.4. The predicted octanol–water partition coefficient (Wildman–Crippen LogP) is 8.72. The smallest absolute Gasteiger partial charge is 0.112 e. The fourth-order valence-electron chi connectivity index (χ4n) is 6.22. The lowest BCUT2D eigenvalue weighted by Crippen LogP contribution is -2.35. The van der Waals surface area contributed by atoms with Crippen LogP contribution >= 0.6 is 0 Å². The Morgan fingerprint density at radius 3 is 1.98 bits per heavy atom. The lowest BCUT2D eigenvalue weighted by atomic mass is 10.0. The van der Waals surface area contributed by atoms with Gasteiger partial charge in [-0.1, -0.05) is 103 Å². The van der Waals surface area contributed by atoms with Crippen LogP contribution in [0.25, 0.3) is 16.8 Å². The van der Waals surface area contributed by atoms with E-state index in [1.54, 1.807) is 0 Å². The van der Waals surface area contributed by atoms with Crippen LogP contribution in [0.5, 0.6) is 0 Å². The number of aliphatic imine (C=N–C) groups is 3. The molecule has 43 heavy (non-hydrogen) atoms. The summed E-state index contributed by atoms with van der Waals surface area (Å²) in [4.78, 5) is 18.9. The lowest BCUT2D eigenvalue weighted by Gasteiger charge is -2.31. The fraction of sp³-hybridized carbons (Fsp3) is 0.0789. The molecular formula is C38H31N5. The number of rotatable bonds is 6. The van der Waals surface area contributed by atoms with Crippen LogP contribution in [-0.2, 0) is 6.42 Å². The summed E-state index contributed by atoms with van der Waals surface area (Å²) in [6.07, 6.45) is 0.769. The molecule has 0 unspecified atom stereocenters. The minimum absolute atomic E-state index is 0.456. The summed E-state index contributed by atoms with van der Waals surface area (Å²) in [5.74, 6) is 0. The van der Waals surface area contributed by atoms with E-state index in [1.165, 1.54) is 16.7 Å². The van der Waals surface area contributed by atoms with Gasteiger partial charge in [0.05, 0.1) is 35.1 Å². The molecule has 0 amide bonds. The molecule has 5 aromatic carbocycles. The van der Waals surface area contributed by atoms with E-state index in [2.05, 4.69) is 130 Å². The summed E-state index contributed by atoms with van der Waals surface area (Å²) in [5.41, 5.74) is 12.8. The van der Waals surface area contributed by atoms with Gasteiger partial charge in [0, 0.05) is 39.9 Å². The highest BCUT2D eigenvalue weighted by Gasteiger charge is 2.29. The van der Waals surface area contributed by atoms with Gasteiger partial charge in [-0.05, 0) is 43.3 Å². The zero-order valence-corrected chi connectivity index (χ0v) is 23.9. The third kappa shape index (κ3) is 4.75. The van der Waals surface area contributed by atoms with Crippen LogP contribution in [0.15, 0.2) is 148 Å². The molecule has 1 aliphatic heterocycles. The van der Waals surface area contributed by atoms with Gasteiger partial charge in [-0.15, -0.1) is 0 Å². The second-order valence-corrected chi connectivity index (χ2v) is 10.6. The maximum atomic E-state index is 5.37. The average Bonchev–Trinajstić information content (AvgIpc) is 3.37. The minimum Gasteiger partial charge on any atom is -0.333 e. The molecular weight excluding hydrogens is 526 g/mol. The first-order valence-corrected chi connectivity index (χ1v) is 14.4. The largest absolute Gasteiger partial charge is 0.333 e. The number of anilines is 3. The van der Waals surface area contributed by atoms with Crippen molar-refractivity contribution in [3.05, 3.63) is 150 Å². The topological polar surface area (TPSA) is 43.6 Å². The minimum atomic E-state index is 0.456. The van der Waals surface area contributed by atoms with Crippen molar-refractivity contribution in [1.29, 1.82) is 0 Å². The molecule has 7 rings (SSSR count). The van der Waals surface area contributed by atoms with E-state index in [9.17, 15) is 0 Å². The highest BCUT2D eigenvalue weighted by molar-refractivity contribution is 6.20. The number of fused-ring (bicyclic) bond motifs is 4. The summed E-state index contributed by atoms with van der Waals surface area (Å²) in [6, 6.07) is 44.1. The van der Waals surface area contributed by atoms with Crippen LogP contribution < -0.4 is 9.80 Å². The van der Waals surface area contributed by atoms with Crippen LogP contribution in [0.2, 0.25) is 0 Å². The first-order chi connectivity index (χ1) is 21.3. The van der Waals surface area contributed by atoms with E-state index >= 15 is 0 Å². The average molecular weight is 558 g/mol. The van der Waals surface area contributed by atoms with E-state index in [-0.39, 0.29) is 0 Å². The molecule has 2 aliphatic rings. The molecule has 0 radical (unpaired) electrons. The molecule has 0 saturated carbocycles. The Bertz CT molecular complexity index is 1900. The number of hydrogen-bond acceptors (Lipinski definition) is 5. The maximum absolute atomic E-state index is 5.37. The van der Waals surface area contributed by atoms with Gasteiger partial charge in [-0.25, -0.2) is 0 Å². The summed E-state index contributed by atoms with van der Waals surface area (Å²) >= 11 is 0. The van der Waals surface area contributed by atoms with Gasteiger partial charge >= 0.3 is 0 Å². The SMILES string of the molecule is C=N/C(=C1/Cc2ccccc2/C1=N/CN1CN(c2ccccc2N=C)c2ccccc2-c2ccccc21)c1ccccc1. The Balaban J connectivity index is 1.37. The molecule has 208 valence electrons. The van der Waals surface area contributed by atoms with Gasteiger partial charge in [-0.2, -0.15) is 0 Å². The van der Waals surface area contributed by atoms with E-state index < -0.39 is 0 Å². The van der Waals surface area contributed by atoms with E-state index in [0.29, 0.717) is 13.3 Å². The standard InChI is InChI=1S/C38H31N5/c1-39-33-20-10-13-23-36(33)43-26-42(34-21-11-8-18-30(34)31-19-9-12-22-35(31)43)25-41-38-29-17-7-6-16-28(29)24-32(38)37(40-2)27-14-4-3-5-15-27/h3-23H,1-2,24-26H2/b37-32-,41-38-. The van der Waals surface area contributed by atoms with E-state index in [1.807, 2.05) is 30.3 Å². The fourth-order valence-corrected chi connectivity index (χ4v) is 6.22. The van der Waals surface area contributed by atoms with Crippen LogP contribution in [0.3, 0.4) is 0 Å². The Hall–Kier alpha value is -5.55. The third-order valence-corrected chi connectivity index (χ3v) is 8.20. The van der Waals surface area contributed by atoms with Gasteiger partial charge in [-0.3, -0.25) is 15.0 Å². The van der Waals surface area contributed by atoms with Gasteiger partial charge in [0.1, 0.15) is 6.67 Å².